The normalized spacial score (nSPS) is 11.6. The maximum Gasteiger partial charge on any atom is 0.254 e. The number of hydrogen-bond acceptors (Lipinski definition) is 6. The molecule has 10 heteroatoms. The molecule has 0 bridgehead atoms. The van der Waals surface area contributed by atoms with Crippen LogP contribution in [-0.4, -0.2) is 28.0 Å². The van der Waals surface area contributed by atoms with Crippen molar-refractivity contribution in [1.82, 2.24) is 19.6 Å². The first-order valence-corrected chi connectivity index (χ1v) is 9.31. The number of nitrogens with one attached hydrogen (secondary N) is 1. The summed E-state index contributed by atoms with van der Waals surface area (Å²) in [4.78, 5) is 8.45. The summed E-state index contributed by atoms with van der Waals surface area (Å²) in [6.45, 7) is 0. The first-order valence-electron chi connectivity index (χ1n) is 7.77. The van der Waals surface area contributed by atoms with E-state index in [-0.39, 0.29) is 10.7 Å². The Labute approximate surface area is 153 Å². The molecule has 0 radical (unpaired) electrons. The molecule has 2 aromatic carbocycles. The van der Waals surface area contributed by atoms with Gasteiger partial charge in [-0.2, -0.15) is 19.6 Å². The summed E-state index contributed by atoms with van der Waals surface area (Å²) in [5.41, 5.74) is 1.81. The third-order valence-corrected chi connectivity index (χ3v) is 4.76. The Kier molecular flexibility index (Phi) is 4.05. The lowest BCUT2D eigenvalue weighted by Crippen LogP contribution is -2.11. The molecule has 4 aromatic rings. The zero-order valence-corrected chi connectivity index (χ0v) is 14.6. The first-order chi connectivity index (χ1) is 12.9. The summed E-state index contributed by atoms with van der Waals surface area (Å²) in [5.74, 6) is 0.407. The Bertz CT molecular complexity index is 1240. The molecule has 0 fully saturated rings. The molecule has 0 aliphatic carbocycles. The topological polar surface area (TPSA) is 115 Å². The van der Waals surface area contributed by atoms with E-state index in [2.05, 4.69) is 20.4 Å². The van der Waals surface area contributed by atoms with Gasteiger partial charge in [0.05, 0.1) is 10.6 Å². The van der Waals surface area contributed by atoms with E-state index in [1.165, 1.54) is 35.1 Å². The van der Waals surface area contributed by atoms with Crippen LogP contribution in [0.4, 0.5) is 15.9 Å². The second-order valence-corrected chi connectivity index (χ2v) is 7.26. The zero-order chi connectivity index (χ0) is 19.0. The fourth-order valence-corrected chi connectivity index (χ4v) is 3.12. The minimum absolute atomic E-state index is 0.00867. The van der Waals surface area contributed by atoms with Gasteiger partial charge in [0.15, 0.2) is 0 Å². The minimum Gasteiger partial charge on any atom is -0.340 e. The number of sulfonamides is 1. The number of fused-ring (bicyclic) bond motifs is 1. The molecule has 27 heavy (non-hydrogen) atoms. The number of benzene rings is 2. The Morgan fingerprint density at radius 3 is 2.56 bits per heavy atom. The van der Waals surface area contributed by atoms with Gasteiger partial charge in [0.1, 0.15) is 18.0 Å². The van der Waals surface area contributed by atoms with E-state index in [0.29, 0.717) is 28.5 Å². The molecule has 0 unspecified atom stereocenters. The summed E-state index contributed by atoms with van der Waals surface area (Å²) in [6, 6.07) is 13.7. The highest BCUT2D eigenvalue weighted by atomic mass is 32.2. The summed E-state index contributed by atoms with van der Waals surface area (Å²) in [5, 5.41) is 12.3. The molecule has 2 aromatic heterocycles. The number of nitrogens with zero attached hydrogens (tertiary/aromatic N) is 4. The van der Waals surface area contributed by atoms with Gasteiger partial charge in [-0.15, -0.1) is 0 Å². The molecule has 0 aliphatic heterocycles. The molecule has 0 amide bonds. The Balaban J connectivity index is 1.75. The average molecular weight is 384 g/mol. The van der Waals surface area contributed by atoms with Crippen molar-refractivity contribution in [1.29, 1.82) is 0 Å². The quantitative estimate of drug-likeness (QED) is 0.558. The molecule has 3 N–H and O–H groups in total. The van der Waals surface area contributed by atoms with Crippen LogP contribution in [0.1, 0.15) is 0 Å². The number of rotatable bonds is 4. The van der Waals surface area contributed by atoms with E-state index < -0.39 is 10.0 Å². The lowest BCUT2D eigenvalue weighted by Gasteiger charge is -2.10. The smallest absolute Gasteiger partial charge is 0.254 e. The predicted octanol–water partition coefficient (Wildman–Crippen LogP) is 2.32. The second-order valence-electron chi connectivity index (χ2n) is 5.70. The molecule has 0 saturated heterocycles. The SMILES string of the molecule is NS(=O)(=O)c1ccc(Nc2cc(-c3cccc(F)c3)n3ncnc3n2)cc1. The van der Waals surface area contributed by atoms with Crippen LogP contribution in [-0.2, 0) is 10.0 Å². The highest BCUT2D eigenvalue weighted by Crippen LogP contribution is 2.25. The fourth-order valence-electron chi connectivity index (χ4n) is 2.61. The van der Waals surface area contributed by atoms with Crippen LogP contribution in [0, 0.1) is 5.82 Å². The standard InChI is InChI=1S/C17H13FN6O2S/c18-12-3-1-2-11(8-12)15-9-16(23-17-20-10-21-24(15)17)22-13-4-6-14(7-5-13)27(19,25)26/h1-10H,(H2,19,25,26)(H,20,21,22,23). The maximum atomic E-state index is 13.6. The molecule has 0 saturated carbocycles. The van der Waals surface area contributed by atoms with E-state index >= 15 is 0 Å². The number of primary sulfonamides is 1. The lowest BCUT2D eigenvalue weighted by molar-refractivity contribution is 0.598. The largest absolute Gasteiger partial charge is 0.340 e. The first kappa shape index (κ1) is 17.1. The Hall–Kier alpha value is -3.37. The number of hydrogen-bond donors (Lipinski definition) is 2. The van der Waals surface area contributed by atoms with Gasteiger partial charge in [-0.1, -0.05) is 12.1 Å². The van der Waals surface area contributed by atoms with Crippen LogP contribution in [0.3, 0.4) is 0 Å². The van der Waals surface area contributed by atoms with Crippen molar-refractivity contribution in [3.05, 3.63) is 66.7 Å². The molecule has 0 aliphatic rings. The van der Waals surface area contributed by atoms with Gasteiger partial charge < -0.3 is 5.32 Å². The van der Waals surface area contributed by atoms with Crippen LogP contribution in [0.25, 0.3) is 17.0 Å². The predicted molar refractivity (Wildman–Crippen MR) is 97.3 cm³/mol. The molecule has 136 valence electrons. The van der Waals surface area contributed by atoms with E-state index in [1.807, 2.05) is 0 Å². The van der Waals surface area contributed by atoms with Crippen LogP contribution >= 0.6 is 0 Å². The Morgan fingerprint density at radius 1 is 1.07 bits per heavy atom. The van der Waals surface area contributed by atoms with Crippen molar-refractivity contribution in [2.45, 2.75) is 4.90 Å². The molecular weight excluding hydrogens is 371 g/mol. The fraction of sp³-hybridized carbons (Fsp3) is 0. The van der Waals surface area contributed by atoms with Crippen LogP contribution in [0.5, 0.6) is 0 Å². The lowest BCUT2D eigenvalue weighted by atomic mass is 10.1. The van der Waals surface area contributed by atoms with Crippen molar-refractivity contribution in [2.24, 2.45) is 5.14 Å². The van der Waals surface area contributed by atoms with Crippen LogP contribution in [0.2, 0.25) is 0 Å². The highest BCUT2D eigenvalue weighted by Gasteiger charge is 2.11. The molecule has 2 heterocycles. The van der Waals surface area contributed by atoms with E-state index in [1.54, 1.807) is 30.3 Å². The highest BCUT2D eigenvalue weighted by molar-refractivity contribution is 7.89. The number of nitrogens with two attached hydrogens (primary N) is 1. The van der Waals surface area contributed by atoms with E-state index in [4.69, 9.17) is 5.14 Å². The van der Waals surface area contributed by atoms with Crippen LogP contribution < -0.4 is 10.5 Å². The molecule has 4 rings (SSSR count). The van der Waals surface area contributed by atoms with Gasteiger partial charge >= 0.3 is 0 Å². The van der Waals surface area contributed by atoms with Gasteiger partial charge in [-0.25, -0.2) is 17.9 Å². The summed E-state index contributed by atoms with van der Waals surface area (Å²) in [7, 11) is -3.76. The summed E-state index contributed by atoms with van der Waals surface area (Å²) < 4.78 is 37.8. The summed E-state index contributed by atoms with van der Waals surface area (Å²) in [6.07, 6.45) is 1.36. The monoisotopic (exact) mass is 384 g/mol. The van der Waals surface area contributed by atoms with Crippen molar-refractivity contribution >= 4 is 27.3 Å². The third kappa shape index (κ3) is 3.48. The zero-order valence-electron chi connectivity index (χ0n) is 13.7. The summed E-state index contributed by atoms with van der Waals surface area (Å²) >= 11 is 0. The number of aromatic nitrogens is 4. The third-order valence-electron chi connectivity index (χ3n) is 3.83. The van der Waals surface area contributed by atoms with E-state index in [9.17, 15) is 12.8 Å². The van der Waals surface area contributed by atoms with Crippen LogP contribution in [0.15, 0.2) is 65.8 Å². The molecule has 0 atom stereocenters. The Morgan fingerprint density at radius 2 is 1.85 bits per heavy atom. The van der Waals surface area contributed by atoms with Gasteiger partial charge in [0.25, 0.3) is 5.78 Å². The second kappa shape index (κ2) is 6.41. The minimum atomic E-state index is -3.76. The molecule has 0 spiro atoms. The van der Waals surface area contributed by atoms with E-state index in [0.717, 1.165) is 0 Å². The van der Waals surface area contributed by atoms with Crippen molar-refractivity contribution in [3.8, 4) is 11.3 Å². The molecular formula is C17H13FN6O2S. The van der Waals surface area contributed by atoms with Crippen molar-refractivity contribution in [2.75, 3.05) is 5.32 Å². The van der Waals surface area contributed by atoms with Crippen molar-refractivity contribution < 1.29 is 12.8 Å². The van der Waals surface area contributed by atoms with Gasteiger partial charge in [-0.3, -0.25) is 0 Å². The van der Waals surface area contributed by atoms with Gasteiger partial charge in [0.2, 0.25) is 10.0 Å². The average Bonchev–Trinajstić information content (AvgIpc) is 3.09. The van der Waals surface area contributed by atoms with Gasteiger partial charge in [0, 0.05) is 17.3 Å². The van der Waals surface area contributed by atoms with Gasteiger partial charge in [-0.05, 0) is 36.4 Å². The number of halogens is 1. The molecule has 8 nitrogen and oxygen atoms in total. The van der Waals surface area contributed by atoms with Crippen molar-refractivity contribution in [3.63, 3.8) is 0 Å². The maximum absolute atomic E-state index is 13.6. The number of anilines is 2.